The third kappa shape index (κ3) is 2.86. The highest BCUT2D eigenvalue weighted by Crippen LogP contribution is 2.31. The van der Waals surface area contributed by atoms with Gasteiger partial charge in [0.05, 0.1) is 38.9 Å². The minimum Gasteiger partial charge on any atom is -0.442 e. The van der Waals surface area contributed by atoms with Gasteiger partial charge in [-0.3, -0.25) is 0 Å². The number of aromatic nitrogens is 3. The van der Waals surface area contributed by atoms with E-state index in [4.69, 9.17) is 32.9 Å². The van der Waals surface area contributed by atoms with E-state index < -0.39 is 0 Å². The average molecular weight is 369 g/mol. The van der Waals surface area contributed by atoms with Crippen LogP contribution in [0.15, 0.2) is 53.3 Å². The molecule has 0 atom stereocenters. The first-order valence-electron chi connectivity index (χ1n) is 7.40. The van der Waals surface area contributed by atoms with Gasteiger partial charge in [0, 0.05) is 6.54 Å². The molecule has 4 rings (SSSR count). The molecule has 0 amide bonds. The molecule has 7 heteroatoms. The van der Waals surface area contributed by atoms with Crippen LogP contribution in [0.3, 0.4) is 0 Å². The lowest BCUT2D eigenvalue weighted by Crippen LogP contribution is -2.02. The van der Waals surface area contributed by atoms with Gasteiger partial charge in [0.25, 0.3) is 5.89 Å². The summed E-state index contributed by atoms with van der Waals surface area (Å²) in [4.78, 5) is 8.80. The van der Waals surface area contributed by atoms with E-state index in [-0.39, 0.29) is 0 Å². The van der Waals surface area contributed by atoms with E-state index >= 15 is 0 Å². The Kier molecular flexibility index (Phi) is 3.92. The SMILES string of the molecule is N#Cc1ccc(Cn2c(-c3ncco3)nc3cc(Cl)c(Cl)cc32)cc1. The first-order valence-corrected chi connectivity index (χ1v) is 8.15. The van der Waals surface area contributed by atoms with Crippen LogP contribution in [-0.4, -0.2) is 14.5 Å². The Hall–Kier alpha value is -2.81. The number of oxazole rings is 1. The Bertz CT molecular complexity index is 1090. The number of fused-ring (bicyclic) bond motifs is 1. The Morgan fingerprint density at radius 1 is 1.12 bits per heavy atom. The Labute approximate surface area is 153 Å². The molecule has 0 aliphatic heterocycles. The monoisotopic (exact) mass is 368 g/mol. The van der Waals surface area contributed by atoms with Crippen molar-refractivity contribution in [3.63, 3.8) is 0 Å². The molecular weight excluding hydrogens is 359 g/mol. The fraction of sp³-hybridized carbons (Fsp3) is 0.0556. The van der Waals surface area contributed by atoms with Gasteiger partial charge in [0.2, 0.25) is 0 Å². The summed E-state index contributed by atoms with van der Waals surface area (Å²) in [7, 11) is 0. The van der Waals surface area contributed by atoms with Crippen LogP contribution in [0.1, 0.15) is 11.1 Å². The summed E-state index contributed by atoms with van der Waals surface area (Å²) < 4.78 is 7.38. The maximum atomic E-state index is 8.94. The van der Waals surface area contributed by atoms with Crippen LogP contribution in [0.25, 0.3) is 22.7 Å². The summed E-state index contributed by atoms with van der Waals surface area (Å²) in [5.74, 6) is 1.000. The lowest BCUT2D eigenvalue weighted by atomic mass is 10.1. The second-order valence-corrected chi connectivity index (χ2v) is 6.24. The van der Waals surface area contributed by atoms with E-state index in [9.17, 15) is 0 Å². The molecule has 4 aromatic rings. The summed E-state index contributed by atoms with van der Waals surface area (Å²) in [6.45, 7) is 0.526. The van der Waals surface area contributed by atoms with Gasteiger partial charge in [-0.15, -0.1) is 0 Å². The van der Waals surface area contributed by atoms with Crippen molar-refractivity contribution >= 4 is 34.2 Å². The zero-order valence-corrected chi connectivity index (χ0v) is 14.3. The highest BCUT2D eigenvalue weighted by molar-refractivity contribution is 6.42. The Morgan fingerprint density at radius 3 is 2.56 bits per heavy atom. The molecule has 2 aromatic carbocycles. The van der Waals surface area contributed by atoms with Crippen molar-refractivity contribution in [2.75, 3.05) is 0 Å². The fourth-order valence-corrected chi connectivity index (χ4v) is 2.96. The van der Waals surface area contributed by atoms with Crippen LogP contribution >= 0.6 is 23.2 Å². The number of halogens is 2. The molecule has 0 bridgehead atoms. The number of rotatable bonds is 3. The van der Waals surface area contributed by atoms with Crippen LogP contribution in [0.5, 0.6) is 0 Å². The number of nitriles is 1. The van der Waals surface area contributed by atoms with E-state index in [0.29, 0.717) is 39.4 Å². The van der Waals surface area contributed by atoms with Crippen LogP contribution < -0.4 is 0 Å². The molecule has 0 fully saturated rings. The van der Waals surface area contributed by atoms with Gasteiger partial charge in [-0.2, -0.15) is 5.26 Å². The van der Waals surface area contributed by atoms with Crippen molar-refractivity contribution < 1.29 is 4.42 Å². The number of benzene rings is 2. The van der Waals surface area contributed by atoms with Crippen molar-refractivity contribution in [3.05, 3.63) is 70.0 Å². The smallest absolute Gasteiger partial charge is 0.263 e. The zero-order chi connectivity index (χ0) is 17.4. The second kappa shape index (κ2) is 6.25. The quantitative estimate of drug-likeness (QED) is 0.514. The normalized spacial score (nSPS) is 10.9. The lowest BCUT2D eigenvalue weighted by molar-refractivity contribution is 0.564. The van der Waals surface area contributed by atoms with Crippen LogP contribution in [0.4, 0.5) is 0 Å². The molecule has 25 heavy (non-hydrogen) atoms. The van der Waals surface area contributed by atoms with Gasteiger partial charge in [-0.1, -0.05) is 35.3 Å². The number of hydrogen-bond acceptors (Lipinski definition) is 4. The fourth-order valence-electron chi connectivity index (χ4n) is 2.64. The summed E-state index contributed by atoms with van der Waals surface area (Å²) >= 11 is 12.3. The average Bonchev–Trinajstić information content (AvgIpc) is 3.25. The number of nitrogens with zero attached hydrogens (tertiary/aromatic N) is 4. The summed E-state index contributed by atoms with van der Waals surface area (Å²) in [5.41, 5.74) is 3.15. The van der Waals surface area contributed by atoms with E-state index in [0.717, 1.165) is 11.1 Å². The van der Waals surface area contributed by atoms with E-state index in [1.807, 2.05) is 16.7 Å². The standard InChI is InChI=1S/C18H10Cl2N4O/c19-13-7-15-16(8-14(13)20)24(17(23-15)18-22-5-6-25-18)10-12-3-1-11(9-21)2-4-12/h1-8H,10H2. The van der Waals surface area contributed by atoms with Crippen molar-refractivity contribution in [1.29, 1.82) is 5.26 Å². The van der Waals surface area contributed by atoms with E-state index in [1.165, 1.54) is 6.26 Å². The largest absolute Gasteiger partial charge is 0.442 e. The van der Waals surface area contributed by atoms with E-state index in [2.05, 4.69) is 16.0 Å². The molecule has 2 aromatic heterocycles. The van der Waals surface area contributed by atoms with Crippen LogP contribution in [-0.2, 0) is 6.54 Å². The molecule has 0 spiro atoms. The molecule has 122 valence electrons. The summed E-state index contributed by atoms with van der Waals surface area (Å²) in [6, 6.07) is 13.0. The van der Waals surface area contributed by atoms with Gasteiger partial charge in [-0.05, 0) is 29.8 Å². The first-order chi connectivity index (χ1) is 12.2. The molecule has 5 nitrogen and oxygen atoms in total. The number of imidazole rings is 1. The second-order valence-electron chi connectivity index (χ2n) is 5.42. The van der Waals surface area contributed by atoms with Crippen LogP contribution in [0.2, 0.25) is 10.0 Å². The highest BCUT2D eigenvalue weighted by atomic mass is 35.5. The van der Waals surface area contributed by atoms with Gasteiger partial charge >= 0.3 is 0 Å². The van der Waals surface area contributed by atoms with E-state index in [1.54, 1.807) is 30.5 Å². The molecule has 0 aliphatic carbocycles. The predicted octanol–water partition coefficient (Wildman–Crippen LogP) is 4.92. The Balaban J connectivity index is 1.88. The third-order valence-electron chi connectivity index (χ3n) is 3.84. The van der Waals surface area contributed by atoms with Crippen LogP contribution in [0, 0.1) is 11.3 Å². The van der Waals surface area contributed by atoms with Gasteiger partial charge in [0.15, 0.2) is 5.82 Å². The number of hydrogen-bond donors (Lipinski definition) is 0. The highest BCUT2D eigenvalue weighted by Gasteiger charge is 2.17. The topological polar surface area (TPSA) is 67.6 Å². The summed E-state index contributed by atoms with van der Waals surface area (Å²) in [5, 5.41) is 9.83. The minimum absolute atomic E-state index is 0.414. The molecule has 0 N–H and O–H groups in total. The molecular formula is C18H10Cl2N4O. The molecule has 0 saturated carbocycles. The van der Waals surface area contributed by atoms with Crippen molar-refractivity contribution in [2.45, 2.75) is 6.54 Å². The summed E-state index contributed by atoms with van der Waals surface area (Å²) in [6.07, 6.45) is 3.07. The molecule has 0 aliphatic rings. The first kappa shape index (κ1) is 15.7. The van der Waals surface area contributed by atoms with Gasteiger partial charge in [-0.25, -0.2) is 9.97 Å². The molecule has 0 unspecified atom stereocenters. The van der Waals surface area contributed by atoms with Gasteiger partial charge in [0.1, 0.15) is 6.26 Å². The van der Waals surface area contributed by atoms with Crippen molar-refractivity contribution in [1.82, 2.24) is 14.5 Å². The zero-order valence-electron chi connectivity index (χ0n) is 12.8. The third-order valence-corrected chi connectivity index (χ3v) is 4.56. The lowest BCUT2D eigenvalue weighted by Gasteiger charge is -2.08. The maximum Gasteiger partial charge on any atom is 0.263 e. The van der Waals surface area contributed by atoms with Crippen molar-refractivity contribution in [3.8, 4) is 17.8 Å². The Morgan fingerprint density at radius 2 is 1.88 bits per heavy atom. The van der Waals surface area contributed by atoms with Crippen molar-refractivity contribution in [2.24, 2.45) is 0 Å². The molecule has 0 radical (unpaired) electrons. The minimum atomic E-state index is 0.414. The molecule has 2 heterocycles. The van der Waals surface area contributed by atoms with Gasteiger partial charge < -0.3 is 8.98 Å². The molecule has 0 saturated heterocycles. The maximum absolute atomic E-state index is 8.94. The predicted molar refractivity (Wildman–Crippen MR) is 95.5 cm³/mol.